The maximum atomic E-state index is 13.1. The van der Waals surface area contributed by atoms with E-state index in [-0.39, 0.29) is 24.8 Å². The molecule has 1 aliphatic rings. The van der Waals surface area contributed by atoms with Crippen molar-refractivity contribution in [2.45, 2.75) is 26.7 Å². The predicted octanol–water partition coefficient (Wildman–Crippen LogP) is 3.26. The average Bonchev–Trinajstić information content (AvgIpc) is 2.83. The van der Waals surface area contributed by atoms with Crippen molar-refractivity contribution >= 4 is 23.3 Å². The highest BCUT2D eigenvalue weighted by molar-refractivity contribution is 6.04. The molecule has 9 nitrogen and oxygen atoms in total. The molecule has 0 atom stereocenters. The Morgan fingerprint density at radius 1 is 1.06 bits per heavy atom. The number of amides is 1. The molecular formula is C24H29N3O6. The molecule has 0 saturated heterocycles. The van der Waals surface area contributed by atoms with Crippen LogP contribution < -0.4 is 19.9 Å². The lowest BCUT2D eigenvalue weighted by Crippen LogP contribution is -2.32. The highest BCUT2D eigenvalue weighted by Crippen LogP contribution is 2.30. The van der Waals surface area contributed by atoms with Crippen molar-refractivity contribution in [2.24, 2.45) is 5.10 Å². The largest absolute Gasteiger partial charge is 0.493 e. The molecule has 2 N–H and O–H groups in total. The summed E-state index contributed by atoms with van der Waals surface area (Å²) in [6.45, 7) is 4.66. The standard InChI is InChI=1S/C24H29N3O6/c1-4-31-22-13-16(8-11-21(22)30-3)20-7-6-12-27(26-20)24(29)18-10-9-17(14-19(18)25)33-15-23(28)32-5-2/h8-11,13-14H,4-7,12,15,25H2,1-3H3. The molecule has 1 amide bonds. The summed E-state index contributed by atoms with van der Waals surface area (Å²) in [5.74, 6) is 0.869. The van der Waals surface area contributed by atoms with Crippen LogP contribution >= 0.6 is 0 Å². The minimum atomic E-state index is -0.475. The van der Waals surface area contributed by atoms with E-state index in [1.807, 2.05) is 25.1 Å². The quantitative estimate of drug-likeness (QED) is 0.456. The molecule has 0 fully saturated rings. The van der Waals surface area contributed by atoms with Crippen molar-refractivity contribution in [1.29, 1.82) is 0 Å². The van der Waals surface area contributed by atoms with Gasteiger partial charge in [0.2, 0.25) is 0 Å². The lowest BCUT2D eigenvalue weighted by molar-refractivity contribution is -0.145. The minimum absolute atomic E-state index is 0.230. The fourth-order valence-corrected chi connectivity index (χ4v) is 3.42. The second-order valence-corrected chi connectivity index (χ2v) is 7.22. The van der Waals surface area contributed by atoms with Crippen LogP contribution in [0.3, 0.4) is 0 Å². The van der Waals surface area contributed by atoms with Gasteiger partial charge in [-0.05, 0) is 57.0 Å². The molecule has 0 saturated carbocycles. The number of hydrogen-bond donors (Lipinski definition) is 1. The van der Waals surface area contributed by atoms with Gasteiger partial charge in [-0.15, -0.1) is 0 Å². The molecule has 1 heterocycles. The Morgan fingerprint density at radius 3 is 2.58 bits per heavy atom. The van der Waals surface area contributed by atoms with Crippen molar-refractivity contribution in [3.63, 3.8) is 0 Å². The molecule has 9 heteroatoms. The highest BCUT2D eigenvalue weighted by Gasteiger charge is 2.23. The van der Waals surface area contributed by atoms with Crippen molar-refractivity contribution in [3.05, 3.63) is 47.5 Å². The number of carbonyl (C=O) groups excluding carboxylic acids is 2. The van der Waals surface area contributed by atoms with Crippen LogP contribution in [-0.2, 0) is 9.53 Å². The zero-order valence-corrected chi connectivity index (χ0v) is 19.1. The number of esters is 1. The van der Waals surface area contributed by atoms with E-state index >= 15 is 0 Å². The summed E-state index contributed by atoms with van der Waals surface area (Å²) in [6.07, 6.45) is 1.50. The molecule has 3 rings (SSSR count). The van der Waals surface area contributed by atoms with Gasteiger partial charge in [-0.1, -0.05) is 0 Å². The second kappa shape index (κ2) is 11.2. The van der Waals surface area contributed by atoms with Crippen molar-refractivity contribution in [1.82, 2.24) is 5.01 Å². The van der Waals surface area contributed by atoms with E-state index in [4.69, 9.17) is 24.7 Å². The van der Waals surface area contributed by atoms with Crippen LogP contribution in [0.5, 0.6) is 17.2 Å². The minimum Gasteiger partial charge on any atom is -0.493 e. The van der Waals surface area contributed by atoms with Gasteiger partial charge in [0, 0.05) is 23.9 Å². The Bertz CT molecular complexity index is 1040. The monoisotopic (exact) mass is 455 g/mol. The third kappa shape index (κ3) is 5.94. The van der Waals surface area contributed by atoms with Gasteiger partial charge >= 0.3 is 5.97 Å². The number of hydrazone groups is 1. The van der Waals surface area contributed by atoms with Gasteiger partial charge in [-0.25, -0.2) is 9.80 Å². The molecule has 33 heavy (non-hydrogen) atoms. The van der Waals surface area contributed by atoms with Crippen LogP contribution in [0.25, 0.3) is 0 Å². The number of nitrogen functional groups attached to an aromatic ring is 1. The Morgan fingerprint density at radius 2 is 1.88 bits per heavy atom. The van der Waals surface area contributed by atoms with Gasteiger partial charge in [0.15, 0.2) is 18.1 Å². The van der Waals surface area contributed by atoms with Gasteiger partial charge in [0.1, 0.15) is 5.75 Å². The molecule has 0 aromatic heterocycles. The topological polar surface area (TPSA) is 113 Å². The van der Waals surface area contributed by atoms with Crippen molar-refractivity contribution in [3.8, 4) is 17.2 Å². The maximum Gasteiger partial charge on any atom is 0.344 e. The maximum absolute atomic E-state index is 13.1. The highest BCUT2D eigenvalue weighted by atomic mass is 16.6. The van der Waals surface area contributed by atoms with E-state index in [1.165, 1.54) is 11.1 Å². The van der Waals surface area contributed by atoms with Crippen LogP contribution in [0.4, 0.5) is 5.69 Å². The Kier molecular flexibility index (Phi) is 8.12. The number of benzene rings is 2. The van der Waals surface area contributed by atoms with Crippen LogP contribution in [0.2, 0.25) is 0 Å². The Hall–Kier alpha value is -3.75. The van der Waals surface area contributed by atoms with Gasteiger partial charge in [0.05, 0.1) is 31.6 Å². The molecule has 0 radical (unpaired) electrons. The molecule has 176 valence electrons. The molecule has 0 aliphatic carbocycles. The Balaban J connectivity index is 1.77. The summed E-state index contributed by atoms with van der Waals surface area (Å²) in [5.41, 5.74) is 8.31. The SMILES string of the molecule is CCOC(=O)COc1ccc(C(=O)N2CCCC(c3ccc(OC)c(OCC)c3)=N2)c(N)c1. The summed E-state index contributed by atoms with van der Waals surface area (Å²) in [4.78, 5) is 24.6. The summed E-state index contributed by atoms with van der Waals surface area (Å²) < 4.78 is 21.2. The van der Waals surface area contributed by atoms with E-state index in [0.29, 0.717) is 36.0 Å². The number of hydrogen-bond acceptors (Lipinski definition) is 8. The Labute approximate surface area is 193 Å². The molecule has 2 aromatic rings. The van der Waals surface area contributed by atoms with Gasteiger partial charge < -0.3 is 24.7 Å². The zero-order valence-electron chi connectivity index (χ0n) is 19.1. The molecule has 0 bridgehead atoms. The number of anilines is 1. The number of methoxy groups -OCH3 is 1. The third-order valence-corrected chi connectivity index (χ3v) is 4.97. The van der Waals surface area contributed by atoms with Crippen molar-refractivity contribution < 1.29 is 28.5 Å². The summed E-state index contributed by atoms with van der Waals surface area (Å²) in [6, 6.07) is 10.3. The predicted molar refractivity (Wildman–Crippen MR) is 124 cm³/mol. The average molecular weight is 456 g/mol. The van der Waals surface area contributed by atoms with Crippen LogP contribution in [0.1, 0.15) is 42.6 Å². The normalized spacial score (nSPS) is 13.2. The van der Waals surface area contributed by atoms with Gasteiger partial charge in [-0.3, -0.25) is 4.79 Å². The zero-order chi connectivity index (χ0) is 23.8. The number of carbonyl (C=O) groups is 2. The first kappa shape index (κ1) is 23.9. The smallest absolute Gasteiger partial charge is 0.344 e. The third-order valence-electron chi connectivity index (χ3n) is 4.97. The van der Waals surface area contributed by atoms with Crippen LogP contribution in [0.15, 0.2) is 41.5 Å². The van der Waals surface area contributed by atoms with E-state index in [9.17, 15) is 9.59 Å². The van der Waals surface area contributed by atoms with E-state index in [2.05, 4.69) is 5.10 Å². The fraction of sp³-hybridized carbons (Fsp3) is 0.375. The molecule has 2 aromatic carbocycles. The number of nitrogens with two attached hydrogens (primary N) is 1. The molecule has 0 unspecified atom stereocenters. The van der Waals surface area contributed by atoms with Crippen LogP contribution in [-0.4, -0.2) is 56.1 Å². The van der Waals surface area contributed by atoms with E-state index < -0.39 is 5.97 Å². The summed E-state index contributed by atoms with van der Waals surface area (Å²) in [5, 5.41) is 6.01. The first-order valence-corrected chi connectivity index (χ1v) is 10.8. The molecule has 1 aliphatic heterocycles. The summed E-state index contributed by atoms with van der Waals surface area (Å²) in [7, 11) is 1.59. The summed E-state index contributed by atoms with van der Waals surface area (Å²) >= 11 is 0. The second-order valence-electron chi connectivity index (χ2n) is 7.22. The van der Waals surface area contributed by atoms with E-state index in [1.54, 1.807) is 26.2 Å². The first-order valence-electron chi connectivity index (χ1n) is 10.8. The lowest BCUT2D eigenvalue weighted by atomic mass is 10.0. The first-order chi connectivity index (χ1) is 16.0. The van der Waals surface area contributed by atoms with Crippen molar-refractivity contribution in [2.75, 3.05) is 39.2 Å². The van der Waals surface area contributed by atoms with Gasteiger partial charge in [-0.2, -0.15) is 5.10 Å². The van der Waals surface area contributed by atoms with Gasteiger partial charge in [0.25, 0.3) is 5.91 Å². The van der Waals surface area contributed by atoms with E-state index in [0.717, 1.165) is 24.1 Å². The molecular weight excluding hydrogens is 426 g/mol. The van der Waals surface area contributed by atoms with Crippen LogP contribution in [0, 0.1) is 0 Å². The number of ether oxygens (including phenoxy) is 4. The number of rotatable bonds is 9. The lowest BCUT2D eigenvalue weighted by Gasteiger charge is -2.24. The number of nitrogens with zero attached hydrogens (tertiary/aromatic N) is 2. The molecule has 0 spiro atoms. The fourth-order valence-electron chi connectivity index (χ4n) is 3.42.